The molecule has 0 nitrogen and oxygen atoms in total. The summed E-state index contributed by atoms with van der Waals surface area (Å²) in [5, 5.41) is 0. The molecule has 4 bridgehead atoms. The van der Waals surface area contributed by atoms with E-state index >= 15 is 0 Å². The van der Waals surface area contributed by atoms with Gasteiger partial charge >= 0.3 is 0 Å². The molecule has 0 amide bonds. The lowest BCUT2D eigenvalue weighted by atomic mass is 9.52. The first-order valence-corrected chi connectivity index (χ1v) is 15.3. The third kappa shape index (κ3) is 3.19. The number of hydrogen-bond acceptors (Lipinski definition) is 0. The summed E-state index contributed by atoms with van der Waals surface area (Å²) in [5.74, 6) is 6.03. The molecule has 4 fully saturated rings. The van der Waals surface area contributed by atoms with Crippen molar-refractivity contribution >= 4 is 5.57 Å². The molecule has 3 aromatic carbocycles. The van der Waals surface area contributed by atoms with E-state index < -0.39 is 0 Å². The maximum absolute atomic E-state index is 4.29. The molecule has 0 saturated heterocycles. The molecule has 0 aromatic heterocycles. The molecule has 8 aliphatic carbocycles. The third-order valence-electron chi connectivity index (χ3n) is 10.9. The molecule has 0 unspecified atom stereocenters. The SMILES string of the molecule is C(=C1c2ccccc2[C+](c2ccccc2)c2ccccc21)=C1C2=C(C=C3[C-]1C1CCC3CC1)C1CCC2CC1. The number of hydrogen-bond donors (Lipinski definition) is 0. The molecule has 0 atom stereocenters. The minimum absolute atomic E-state index is 0.722. The zero-order valence-electron chi connectivity index (χ0n) is 22.5. The highest BCUT2D eigenvalue weighted by atomic mass is 14.5. The van der Waals surface area contributed by atoms with E-state index in [1.54, 1.807) is 22.6 Å². The Morgan fingerprint density at radius 1 is 0.615 bits per heavy atom. The number of fused-ring (bicyclic) bond motifs is 6. The van der Waals surface area contributed by atoms with Crippen molar-refractivity contribution in [2.75, 3.05) is 0 Å². The molecule has 0 N–H and O–H groups in total. The van der Waals surface area contributed by atoms with Gasteiger partial charge in [0, 0.05) is 16.7 Å². The van der Waals surface area contributed by atoms with Crippen molar-refractivity contribution in [3.8, 4) is 0 Å². The summed E-state index contributed by atoms with van der Waals surface area (Å²) in [5.41, 5.74) is 18.9. The normalized spacial score (nSPS) is 27.9. The Bertz CT molecular complexity index is 1560. The lowest BCUT2D eigenvalue weighted by Crippen LogP contribution is -2.39. The van der Waals surface area contributed by atoms with Gasteiger partial charge in [0.15, 0.2) is 0 Å². The van der Waals surface area contributed by atoms with Crippen LogP contribution in [-0.2, 0) is 0 Å². The first-order valence-electron chi connectivity index (χ1n) is 15.3. The van der Waals surface area contributed by atoms with Crippen LogP contribution in [0.3, 0.4) is 0 Å². The predicted molar refractivity (Wildman–Crippen MR) is 159 cm³/mol. The lowest BCUT2D eigenvalue weighted by molar-refractivity contribution is 0.254. The highest BCUT2D eigenvalue weighted by Gasteiger charge is 2.43. The molecule has 0 heteroatoms. The van der Waals surface area contributed by atoms with Crippen LogP contribution in [0.25, 0.3) is 5.57 Å². The van der Waals surface area contributed by atoms with E-state index in [0.717, 1.165) is 23.7 Å². The second-order valence-corrected chi connectivity index (χ2v) is 12.7. The standard InChI is InChI=1S/C39H34/c1-2-8-26(9-3-1)37-31-12-6-4-10-29(31)35(30-11-5-7-13-32(30)37)23-36-38-27-18-14-24(15-19-27)33(38)22-34-25-16-20-28(21-17-25)39(34)36/h1-13,22,24-25,27-28H,14-21H2. The van der Waals surface area contributed by atoms with E-state index in [9.17, 15) is 0 Å². The third-order valence-corrected chi connectivity index (χ3v) is 10.9. The molecule has 3 aromatic rings. The molecule has 8 aliphatic rings. The molecule has 4 saturated carbocycles. The van der Waals surface area contributed by atoms with Crippen LogP contribution in [0.5, 0.6) is 0 Å². The molecule has 0 spiro atoms. The molecule has 190 valence electrons. The number of allylic oxidation sites excluding steroid dienone is 5. The minimum Gasteiger partial charge on any atom is -0.214 e. The zero-order chi connectivity index (χ0) is 25.5. The summed E-state index contributed by atoms with van der Waals surface area (Å²) in [6.07, 6.45) is 13.8. The number of benzene rings is 3. The largest absolute Gasteiger partial charge is 0.214 e. The fourth-order valence-electron chi connectivity index (χ4n) is 9.14. The first kappa shape index (κ1) is 22.2. The van der Waals surface area contributed by atoms with Crippen molar-refractivity contribution in [1.82, 2.24) is 0 Å². The van der Waals surface area contributed by atoms with E-state index in [-0.39, 0.29) is 0 Å². The van der Waals surface area contributed by atoms with Crippen molar-refractivity contribution in [3.05, 3.63) is 153 Å². The maximum atomic E-state index is 4.29. The summed E-state index contributed by atoms with van der Waals surface area (Å²) >= 11 is 0. The van der Waals surface area contributed by atoms with Gasteiger partial charge in [0.25, 0.3) is 0 Å². The van der Waals surface area contributed by atoms with E-state index in [0.29, 0.717) is 0 Å². The summed E-state index contributed by atoms with van der Waals surface area (Å²) in [6.45, 7) is 0. The molecule has 0 aliphatic heterocycles. The van der Waals surface area contributed by atoms with Gasteiger partial charge in [-0.25, -0.2) is 5.73 Å². The van der Waals surface area contributed by atoms with Crippen molar-refractivity contribution < 1.29 is 0 Å². The van der Waals surface area contributed by atoms with Gasteiger partial charge in [0.2, 0.25) is 0 Å². The average molecular weight is 503 g/mol. The van der Waals surface area contributed by atoms with Crippen LogP contribution in [-0.4, -0.2) is 0 Å². The molecule has 11 rings (SSSR count). The molecular weight excluding hydrogens is 468 g/mol. The second kappa shape index (κ2) is 8.45. The molecular formula is C39H34. The summed E-state index contributed by atoms with van der Waals surface area (Å²) in [4.78, 5) is 0. The highest BCUT2D eigenvalue weighted by molar-refractivity contribution is 5.91. The molecule has 0 radical (unpaired) electrons. The van der Waals surface area contributed by atoms with Gasteiger partial charge in [-0.15, -0.1) is 34.3 Å². The first-order chi connectivity index (χ1) is 19.3. The van der Waals surface area contributed by atoms with Gasteiger partial charge in [-0.1, -0.05) is 43.9 Å². The average Bonchev–Trinajstić information content (AvgIpc) is 3.02. The van der Waals surface area contributed by atoms with Crippen LogP contribution in [0.4, 0.5) is 0 Å². The second-order valence-electron chi connectivity index (χ2n) is 12.7. The molecule has 39 heavy (non-hydrogen) atoms. The Hall–Kier alpha value is -3.60. The highest BCUT2D eigenvalue weighted by Crippen LogP contribution is 2.61. The predicted octanol–water partition coefficient (Wildman–Crippen LogP) is 9.43. The Kier molecular flexibility index (Phi) is 4.82. The van der Waals surface area contributed by atoms with Crippen LogP contribution < -0.4 is 0 Å². The van der Waals surface area contributed by atoms with E-state index in [1.165, 1.54) is 96.2 Å². The lowest BCUT2D eigenvalue weighted by Gasteiger charge is -2.57. The Balaban J connectivity index is 1.35. The fraction of sp³-hybridized carbons (Fsp3) is 0.308. The van der Waals surface area contributed by atoms with Crippen molar-refractivity contribution in [3.63, 3.8) is 0 Å². The van der Waals surface area contributed by atoms with E-state index in [2.05, 4.69) is 90.7 Å². The summed E-state index contributed by atoms with van der Waals surface area (Å²) in [7, 11) is 0. The Morgan fingerprint density at radius 2 is 1.21 bits per heavy atom. The maximum Gasteiger partial charge on any atom is 0.0644 e. The van der Waals surface area contributed by atoms with Crippen LogP contribution in [0.15, 0.2) is 113 Å². The van der Waals surface area contributed by atoms with Gasteiger partial charge in [0.1, 0.15) is 0 Å². The van der Waals surface area contributed by atoms with Crippen molar-refractivity contribution in [2.24, 2.45) is 23.7 Å². The van der Waals surface area contributed by atoms with Crippen molar-refractivity contribution in [2.45, 2.75) is 51.4 Å². The van der Waals surface area contributed by atoms with E-state index in [4.69, 9.17) is 0 Å². The van der Waals surface area contributed by atoms with E-state index in [1.807, 2.05) is 0 Å². The van der Waals surface area contributed by atoms with Crippen molar-refractivity contribution in [1.29, 1.82) is 0 Å². The smallest absolute Gasteiger partial charge is 0.0644 e. The summed E-state index contributed by atoms with van der Waals surface area (Å²) < 4.78 is 0. The molecule has 0 heterocycles. The van der Waals surface area contributed by atoms with Gasteiger partial charge in [-0.05, 0) is 110 Å². The fourth-order valence-corrected chi connectivity index (χ4v) is 9.14. The van der Waals surface area contributed by atoms with Crippen LogP contribution in [0.2, 0.25) is 0 Å². The topological polar surface area (TPSA) is 0 Å². The van der Waals surface area contributed by atoms with Crippen LogP contribution in [0, 0.1) is 35.5 Å². The summed E-state index contributed by atoms with van der Waals surface area (Å²) in [6, 6.07) is 29.2. The van der Waals surface area contributed by atoms with Gasteiger partial charge < -0.3 is 0 Å². The minimum atomic E-state index is 0.722. The van der Waals surface area contributed by atoms with Gasteiger partial charge in [-0.2, -0.15) is 0 Å². The zero-order valence-corrected chi connectivity index (χ0v) is 22.5. The quantitative estimate of drug-likeness (QED) is 0.180. The van der Waals surface area contributed by atoms with Gasteiger partial charge in [-0.3, -0.25) is 0 Å². The number of rotatable bonds is 1. The Morgan fingerprint density at radius 3 is 1.90 bits per heavy atom. The monoisotopic (exact) mass is 502 g/mol. The van der Waals surface area contributed by atoms with Gasteiger partial charge in [0.05, 0.1) is 22.6 Å². The Labute approximate surface area is 232 Å². The van der Waals surface area contributed by atoms with Crippen LogP contribution >= 0.6 is 0 Å². The van der Waals surface area contributed by atoms with Crippen LogP contribution in [0.1, 0.15) is 79.2 Å².